The Balaban J connectivity index is 2.14. The molecule has 0 aliphatic rings. The molecule has 0 spiro atoms. The fraction of sp³-hybridized carbons (Fsp3) is 0.350. The average molecular weight is 385 g/mol. The van der Waals surface area contributed by atoms with Gasteiger partial charge in [-0.3, -0.25) is 14.2 Å². The third-order valence-corrected chi connectivity index (χ3v) is 5.15. The first-order valence-electron chi connectivity index (χ1n) is 9.00. The molecule has 0 unspecified atom stereocenters. The number of carbonyl (C=O) groups is 1. The second-order valence-corrected chi connectivity index (χ2v) is 7.10. The largest absolute Gasteiger partial charge is 0.465 e. The number of nitrogens with zero attached hydrogens (tertiary/aromatic N) is 3. The molecule has 2 aromatic heterocycles. The van der Waals surface area contributed by atoms with Crippen LogP contribution in [0.3, 0.4) is 0 Å². The number of benzene rings is 1. The number of rotatable bonds is 7. The van der Waals surface area contributed by atoms with Crippen LogP contribution in [0.2, 0.25) is 0 Å². The first-order chi connectivity index (χ1) is 13.1. The summed E-state index contributed by atoms with van der Waals surface area (Å²) in [6.45, 7) is 4.68. The lowest BCUT2D eigenvalue weighted by Crippen LogP contribution is -2.25. The summed E-state index contributed by atoms with van der Waals surface area (Å²) in [4.78, 5) is 29.7. The summed E-state index contributed by atoms with van der Waals surface area (Å²) in [7, 11) is 1.86. The van der Waals surface area contributed by atoms with E-state index in [1.807, 2.05) is 55.1 Å². The Labute approximate surface area is 162 Å². The molecule has 3 rings (SSSR count). The zero-order valence-electron chi connectivity index (χ0n) is 15.8. The summed E-state index contributed by atoms with van der Waals surface area (Å²) in [5.41, 5.74) is 3.06. The van der Waals surface area contributed by atoms with E-state index in [0.29, 0.717) is 29.3 Å². The van der Waals surface area contributed by atoms with Crippen molar-refractivity contribution in [3.05, 3.63) is 46.9 Å². The van der Waals surface area contributed by atoms with Crippen LogP contribution in [0.25, 0.3) is 22.2 Å². The topological polar surface area (TPSA) is 66.1 Å². The van der Waals surface area contributed by atoms with Crippen molar-refractivity contribution >= 4 is 28.8 Å². The van der Waals surface area contributed by atoms with E-state index < -0.39 is 0 Å². The Kier molecular flexibility index (Phi) is 6.01. The van der Waals surface area contributed by atoms with Gasteiger partial charge in [-0.2, -0.15) is 0 Å². The quantitative estimate of drug-likeness (QED) is 0.354. The molecule has 0 fully saturated rings. The van der Waals surface area contributed by atoms with E-state index in [-0.39, 0.29) is 17.3 Å². The van der Waals surface area contributed by atoms with E-state index in [0.717, 1.165) is 17.5 Å². The number of aryl methyl sites for hydroxylation is 1. The molecule has 6 nitrogen and oxygen atoms in total. The minimum Gasteiger partial charge on any atom is -0.465 e. The number of ether oxygens (including phenoxy) is 1. The summed E-state index contributed by atoms with van der Waals surface area (Å²) >= 11 is 1.25. The predicted molar refractivity (Wildman–Crippen MR) is 108 cm³/mol. The molecular formula is C20H23N3O3S. The van der Waals surface area contributed by atoms with E-state index in [1.54, 1.807) is 11.5 Å². The fourth-order valence-electron chi connectivity index (χ4n) is 3.04. The van der Waals surface area contributed by atoms with Crippen LogP contribution in [0.15, 0.2) is 46.5 Å². The van der Waals surface area contributed by atoms with Crippen molar-refractivity contribution in [2.45, 2.75) is 32.0 Å². The van der Waals surface area contributed by atoms with Crippen molar-refractivity contribution in [1.82, 2.24) is 14.1 Å². The Morgan fingerprint density at radius 2 is 1.96 bits per heavy atom. The third kappa shape index (κ3) is 3.93. The van der Waals surface area contributed by atoms with Crippen LogP contribution in [0.5, 0.6) is 0 Å². The van der Waals surface area contributed by atoms with Gasteiger partial charge < -0.3 is 9.30 Å². The lowest BCUT2D eigenvalue weighted by atomic mass is 10.1. The molecule has 0 saturated heterocycles. The molecule has 27 heavy (non-hydrogen) atoms. The number of hydrogen-bond acceptors (Lipinski definition) is 5. The molecule has 1 aromatic carbocycles. The van der Waals surface area contributed by atoms with Gasteiger partial charge in [0, 0.05) is 25.4 Å². The number of carbonyl (C=O) groups excluding carboxylic acids is 1. The van der Waals surface area contributed by atoms with E-state index in [9.17, 15) is 9.59 Å². The van der Waals surface area contributed by atoms with Gasteiger partial charge in [0.1, 0.15) is 11.0 Å². The van der Waals surface area contributed by atoms with Crippen LogP contribution >= 0.6 is 11.8 Å². The van der Waals surface area contributed by atoms with Crippen LogP contribution in [0.4, 0.5) is 0 Å². The standard InChI is InChI=1S/C20H23N3O3S/c1-4-11-23-19(25)18-17(21-20(23)27-13-16(24)26-5-2)15(12-22(18)3)14-9-7-6-8-10-14/h6-10,12H,4-5,11,13H2,1-3H3. The molecule has 0 saturated carbocycles. The second-order valence-electron chi connectivity index (χ2n) is 6.16. The van der Waals surface area contributed by atoms with Crippen LogP contribution in [-0.4, -0.2) is 32.4 Å². The molecule has 0 aliphatic heterocycles. The molecule has 0 aliphatic carbocycles. The Morgan fingerprint density at radius 1 is 1.22 bits per heavy atom. The van der Waals surface area contributed by atoms with E-state index in [2.05, 4.69) is 0 Å². The molecule has 3 aromatic rings. The normalized spacial score (nSPS) is 11.1. The van der Waals surface area contributed by atoms with Gasteiger partial charge in [-0.15, -0.1) is 0 Å². The summed E-state index contributed by atoms with van der Waals surface area (Å²) in [5.74, 6) is -0.181. The van der Waals surface area contributed by atoms with Gasteiger partial charge in [0.25, 0.3) is 5.56 Å². The molecule has 0 radical (unpaired) electrons. The fourth-order valence-corrected chi connectivity index (χ4v) is 3.85. The highest BCUT2D eigenvalue weighted by Gasteiger charge is 2.19. The average Bonchev–Trinajstić information content (AvgIpc) is 3.00. The second kappa shape index (κ2) is 8.43. The summed E-state index contributed by atoms with van der Waals surface area (Å²) < 4.78 is 8.49. The smallest absolute Gasteiger partial charge is 0.316 e. The summed E-state index contributed by atoms with van der Waals surface area (Å²) in [6, 6.07) is 9.88. The minimum atomic E-state index is -0.309. The number of thioether (sulfide) groups is 1. The predicted octanol–water partition coefficient (Wildman–Crippen LogP) is 3.47. The van der Waals surface area contributed by atoms with Gasteiger partial charge in [0.2, 0.25) is 0 Å². The van der Waals surface area contributed by atoms with Gasteiger partial charge in [0.15, 0.2) is 5.16 Å². The van der Waals surface area contributed by atoms with E-state index in [4.69, 9.17) is 9.72 Å². The van der Waals surface area contributed by atoms with Crippen LogP contribution < -0.4 is 5.56 Å². The number of fused-ring (bicyclic) bond motifs is 1. The molecular weight excluding hydrogens is 362 g/mol. The van der Waals surface area contributed by atoms with Gasteiger partial charge in [-0.05, 0) is 18.9 Å². The Morgan fingerprint density at radius 3 is 2.63 bits per heavy atom. The SMILES string of the molecule is CCCn1c(SCC(=O)OCC)nc2c(-c3ccccc3)cn(C)c2c1=O. The number of esters is 1. The highest BCUT2D eigenvalue weighted by molar-refractivity contribution is 7.99. The molecule has 0 amide bonds. The molecule has 0 N–H and O–H groups in total. The first kappa shape index (κ1) is 19.2. The van der Waals surface area contributed by atoms with Crippen LogP contribution in [0, 0.1) is 0 Å². The van der Waals surface area contributed by atoms with Crippen LogP contribution in [-0.2, 0) is 23.1 Å². The van der Waals surface area contributed by atoms with Gasteiger partial charge in [0.05, 0.1) is 12.4 Å². The van der Waals surface area contributed by atoms with E-state index >= 15 is 0 Å². The summed E-state index contributed by atoms with van der Waals surface area (Å²) in [5, 5.41) is 0.547. The van der Waals surface area contributed by atoms with Crippen molar-refractivity contribution in [2.24, 2.45) is 7.05 Å². The van der Waals surface area contributed by atoms with Gasteiger partial charge >= 0.3 is 5.97 Å². The maximum atomic E-state index is 13.1. The van der Waals surface area contributed by atoms with Crippen molar-refractivity contribution < 1.29 is 9.53 Å². The third-order valence-electron chi connectivity index (χ3n) is 4.20. The van der Waals surface area contributed by atoms with Crippen molar-refractivity contribution in [1.29, 1.82) is 0 Å². The lowest BCUT2D eigenvalue weighted by molar-refractivity contribution is -0.139. The van der Waals surface area contributed by atoms with Crippen molar-refractivity contribution in [3.63, 3.8) is 0 Å². The van der Waals surface area contributed by atoms with Crippen molar-refractivity contribution in [2.75, 3.05) is 12.4 Å². The Bertz CT molecular complexity index is 1010. The highest BCUT2D eigenvalue weighted by Crippen LogP contribution is 2.29. The number of hydrogen-bond donors (Lipinski definition) is 0. The molecule has 2 heterocycles. The highest BCUT2D eigenvalue weighted by atomic mass is 32.2. The molecule has 7 heteroatoms. The Hall–Kier alpha value is -2.54. The molecule has 142 valence electrons. The van der Waals surface area contributed by atoms with Crippen molar-refractivity contribution in [3.8, 4) is 11.1 Å². The zero-order chi connectivity index (χ0) is 19.4. The summed E-state index contributed by atoms with van der Waals surface area (Å²) in [6.07, 6.45) is 2.74. The molecule has 0 atom stereocenters. The molecule has 0 bridgehead atoms. The zero-order valence-corrected chi connectivity index (χ0v) is 16.6. The minimum absolute atomic E-state index is 0.0853. The maximum Gasteiger partial charge on any atom is 0.316 e. The van der Waals surface area contributed by atoms with Gasteiger partial charge in [-0.1, -0.05) is 49.0 Å². The number of aromatic nitrogens is 3. The monoisotopic (exact) mass is 385 g/mol. The maximum absolute atomic E-state index is 13.1. The lowest BCUT2D eigenvalue weighted by Gasteiger charge is -2.11. The van der Waals surface area contributed by atoms with Gasteiger partial charge in [-0.25, -0.2) is 4.98 Å². The first-order valence-corrected chi connectivity index (χ1v) is 9.99. The van der Waals surface area contributed by atoms with Crippen LogP contribution in [0.1, 0.15) is 20.3 Å². The van der Waals surface area contributed by atoms with E-state index in [1.165, 1.54) is 11.8 Å².